The van der Waals surface area contributed by atoms with E-state index in [0.29, 0.717) is 0 Å². The van der Waals surface area contributed by atoms with Gasteiger partial charge >= 0.3 is 0 Å². The third-order valence-electron chi connectivity index (χ3n) is 3.19. The number of ether oxygens (including phenoxy) is 1. The first-order chi connectivity index (χ1) is 9.60. The van der Waals surface area contributed by atoms with E-state index in [0.717, 1.165) is 42.3 Å². The average Bonchev–Trinajstić information content (AvgIpc) is 2.73. The fourth-order valence-electron chi connectivity index (χ4n) is 2.20. The van der Waals surface area contributed by atoms with Crippen LogP contribution in [0.4, 0.5) is 5.69 Å². The zero-order valence-electron chi connectivity index (χ0n) is 12.6. The lowest BCUT2D eigenvalue weighted by Crippen LogP contribution is -2.09. The van der Waals surface area contributed by atoms with Gasteiger partial charge in [-0.3, -0.25) is 9.67 Å². The van der Waals surface area contributed by atoms with Gasteiger partial charge in [0.05, 0.1) is 24.7 Å². The van der Waals surface area contributed by atoms with E-state index in [1.165, 1.54) is 5.69 Å². The number of aromatic nitrogens is 3. The standard InChI is InChI=1S/C15H22N4O/c1-11-9-14(15(20-4)10-17-11)16-6-5-7-19-13(3)8-12(2)18-19/h8-10H,5-7H2,1-4H3,(H,16,17). The number of aryl methyl sites for hydroxylation is 4. The maximum absolute atomic E-state index is 5.30. The monoisotopic (exact) mass is 274 g/mol. The van der Waals surface area contributed by atoms with Gasteiger partial charge in [-0.1, -0.05) is 0 Å². The van der Waals surface area contributed by atoms with Gasteiger partial charge in [0.2, 0.25) is 0 Å². The maximum atomic E-state index is 5.30. The highest BCUT2D eigenvalue weighted by atomic mass is 16.5. The van der Waals surface area contributed by atoms with Crippen molar-refractivity contribution in [2.45, 2.75) is 33.7 Å². The van der Waals surface area contributed by atoms with Crippen LogP contribution in [-0.4, -0.2) is 28.4 Å². The molecule has 0 radical (unpaired) electrons. The van der Waals surface area contributed by atoms with E-state index in [1.54, 1.807) is 13.3 Å². The highest BCUT2D eigenvalue weighted by Crippen LogP contribution is 2.23. The molecule has 0 saturated heterocycles. The third kappa shape index (κ3) is 3.50. The summed E-state index contributed by atoms with van der Waals surface area (Å²) in [7, 11) is 1.66. The van der Waals surface area contributed by atoms with Gasteiger partial charge in [0.1, 0.15) is 0 Å². The molecule has 0 unspecified atom stereocenters. The van der Waals surface area contributed by atoms with Gasteiger partial charge < -0.3 is 10.1 Å². The Hall–Kier alpha value is -2.04. The Morgan fingerprint density at radius 2 is 2.00 bits per heavy atom. The zero-order valence-corrected chi connectivity index (χ0v) is 12.6. The Labute approximate surface area is 120 Å². The minimum Gasteiger partial charge on any atom is -0.493 e. The van der Waals surface area contributed by atoms with Crippen molar-refractivity contribution in [1.82, 2.24) is 14.8 Å². The fourth-order valence-corrected chi connectivity index (χ4v) is 2.20. The summed E-state index contributed by atoms with van der Waals surface area (Å²) in [6.45, 7) is 7.87. The van der Waals surface area contributed by atoms with Crippen LogP contribution >= 0.6 is 0 Å². The van der Waals surface area contributed by atoms with Crippen LogP contribution in [-0.2, 0) is 6.54 Å². The number of pyridine rings is 1. The first kappa shape index (κ1) is 14.4. The zero-order chi connectivity index (χ0) is 14.5. The summed E-state index contributed by atoms with van der Waals surface area (Å²) in [5.41, 5.74) is 4.25. The number of anilines is 1. The molecule has 0 aliphatic rings. The van der Waals surface area contributed by atoms with Crippen molar-refractivity contribution in [2.75, 3.05) is 19.0 Å². The van der Waals surface area contributed by atoms with Crippen molar-refractivity contribution in [2.24, 2.45) is 0 Å². The van der Waals surface area contributed by atoms with Gasteiger partial charge in [-0.25, -0.2) is 0 Å². The molecule has 5 heteroatoms. The van der Waals surface area contributed by atoms with E-state index in [2.05, 4.69) is 28.4 Å². The van der Waals surface area contributed by atoms with E-state index < -0.39 is 0 Å². The lowest BCUT2D eigenvalue weighted by atomic mass is 10.3. The van der Waals surface area contributed by atoms with E-state index in [1.807, 2.05) is 24.6 Å². The summed E-state index contributed by atoms with van der Waals surface area (Å²) in [5.74, 6) is 0.779. The second kappa shape index (κ2) is 6.41. The highest BCUT2D eigenvalue weighted by Gasteiger charge is 2.04. The van der Waals surface area contributed by atoms with Crippen LogP contribution in [0.25, 0.3) is 0 Å². The smallest absolute Gasteiger partial charge is 0.160 e. The van der Waals surface area contributed by atoms with E-state index in [9.17, 15) is 0 Å². The lowest BCUT2D eigenvalue weighted by Gasteiger charge is -2.11. The predicted molar refractivity (Wildman–Crippen MR) is 80.3 cm³/mol. The first-order valence-corrected chi connectivity index (χ1v) is 6.85. The van der Waals surface area contributed by atoms with Crippen molar-refractivity contribution in [3.63, 3.8) is 0 Å². The molecule has 1 N–H and O–H groups in total. The van der Waals surface area contributed by atoms with Crippen molar-refractivity contribution in [1.29, 1.82) is 0 Å². The van der Waals surface area contributed by atoms with Crippen LogP contribution in [0.15, 0.2) is 18.3 Å². The van der Waals surface area contributed by atoms with E-state index in [4.69, 9.17) is 4.74 Å². The molecule has 2 aromatic rings. The topological polar surface area (TPSA) is 52.0 Å². The molecular formula is C15H22N4O. The second-order valence-electron chi connectivity index (χ2n) is 4.96. The van der Waals surface area contributed by atoms with Crippen molar-refractivity contribution < 1.29 is 4.74 Å². The molecular weight excluding hydrogens is 252 g/mol. The molecule has 0 spiro atoms. The normalized spacial score (nSPS) is 10.6. The van der Waals surface area contributed by atoms with Gasteiger partial charge in [-0.05, 0) is 39.3 Å². The second-order valence-corrected chi connectivity index (χ2v) is 4.96. The van der Waals surface area contributed by atoms with Crippen LogP contribution in [0, 0.1) is 20.8 Å². The summed E-state index contributed by atoms with van der Waals surface area (Å²) in [6.07, 6.45) is 2.76. The maximum Gasteiger partial charge on any atom is 0.160 e. The quantitative estimate of drug-likeness (QED) is 0.823. The average molecular weight is 274 g/mol. The van der Waals surface area contributed by atoms with Gasteiger partial charge in [0.15, 0.2) is 5.75 Å². The van der Waals surface area contributed by atoms with Gasteiger partial charge in [-0.15, -0.1) is 0 Å². The lowest BCUT2D eigenvalue weighted by molar-refractivity contribution is 0.414. The van der Waals surface area contributed by atoms with E-state index in [-0.39, 0.29) is 0 Å². The molecule has 0 amide bonds. The van der Waals surface area contributed by atoms with Crippen molar-refractivity contribution in [3.8, 4) is 5.75 Å². The molecule has 2 aromatic heterocycles. The van der Waals surface area contributed by atoms with Gasteiger partial charge in [-0.2, -0.15) is 5.10 Å². The number of nitrogens with zero attached hydrogens (tertiary/aromatic N) is 3. The third-order valence-corrected chi connectivity index (χ3v) is 3.19. The summed E-state index contributed by atoms with van der Waals surface area (Å²) in [4.78, 5) is 4.22. The number of hydrogen-bond acceptors (Lipinski definition) is 4. The molecule has 108 valence electrons. The molecule has 5 nitrogen and oxygen atoms in total. The number of rotatable bonds is 6. The largest absolute Gasteiger partial charge is 0.493 e. The number of methoxy groups -OCH3 is 1. The molecule has 20 heavy (non-hydrogen) atoms. The Kier molecular flexibility index (Phi) is 4.61. The summed E-state index contributed by atoms with van der Waals surface area (Å²) < 4.78 is 7.34. The molecule has 0 fully saturated rings. The minimum absolute atomic E-state index is 0.779. The minimum atomic E-state index is 0.779. The van der Waals surface area contributed by atoms with Crippen LogP contribution < -0.4 is 10.1 Å². The highest BCUT2D eigenvalue weighted by molar-refractivity contribution is 5.55. The summed E-state index contributed by atoms with van der Waals surface area (Å²) in [5, 5.41) is 7.85. The summed E-state index contributed by atoms with van der Waals surface area (Å²) >= 11 is 0. The molecule has 0 aromatic carbocycles. The van der Waals surface area contributed by atoms with Crippen LogP contribution in [0.1, 0.15) is 23.5 Å². The number of nitrogens with one attached hydrogen (secondary N) is 1. The molecule has 0 saturated carbocycles. The number of hydrogen-bond donors (Lipinski definition) is 1. The molecule has 0 aliphatic carbocycles. The van der Waals surface area contributed by atoms with E-state index >= 15 is 0 Å². The molecule has 0 aliphatic heterocycles. The molecule has 0 bridgehead atoms. The van der Waals surface area contributed by atoms with Gasteiger partial charge in [0.25, 0.3) is 0 Å². The van der Waals surface area contributed by atoms with Crippen LogP contribution in [0.5, 0.6) is 5.75 Å². The fraction of sp³-hybridized carbons (Fsp3) is 0.467. The van der Waals surface area contributed by atoms with Crippen LogP contribution in [0.3, 0.4) is 0 Å². The summed E-state index contributed by atoms with van der Waals surface area (Å²) in [6, 6.07) is 4.10. The van der Waals surface area contributed by atoms with Crippen molar-refractivity contribution >= 4 is 5.69 Å². The van der Waals surface area contributed by atoms with Crippen LogP contribution in [0.2, 0.25) is 0 Å². The van der Waals surface area contributed by atoms with Crippen molar-refractivity contribution in [3.05, 3.63) is 35.4 Å². The molecule has 2 heterocycles. The molecule has 0 atom stereocenters. The SMILES string of the molecule is COc1cnc(C)cc1NCCCn1nc(C)cc1C. The Balaban J connectivity index is 1.87. The molecule has 2 rings (SSSR count). The Bertz CT molecular complexity index is 577. The van der Waals surface area contributed by atoms with Gasteiger partial charge in [0, 0.05) is 24.5 Å². The first-order valence-electron chi connectivity index (χ1n) is 6.85. The Morgan fingerprint density at radius 3 is 2.65 bits per heavy atom. The Morgan fingerprint density at radius 1 is 1.20 bits per heavy atom. The predicted octanol–water partition coefficient (Wildman–Crippen LogP) is 2.71.